The molecular formula is C10H19ClN4O2S. The summed E-state index contributed by atoms with van der Waals surface area (Å²) < 4.78 is 27.7. The van der Waals surface area contributed by atoms with Gasteiger partial charge in [0.25, 0.3) is 10.0 Å². The van der Waals surface area contributed by atoms with Crippen LogP contribution < -0.4 is 5.73 Å². The van der Waals surface area contributed by atoms with Crippen LogP contribution in [0.25, 0.3) is 0 Å². The molecule has 0 spiro atoms. The van der Waals surface area contributed by atoms with E-state index in [1.54, 1.807) is 24.7 Å². The van der Waals surface area contributed by atoms with Crippen LogP contribution in [0.15, 0.2) is 11.2 Å². The molecule has 1 aliphatic heterocycles. The van der Waals surface area contributed by atoms with E-state index in [0.717, 1.165) is 12.8 Å². The van der Waals surface area contributed by atoms with E-state index < -0.39 is 10.0 Å². The fraction of sp³-hybridized carbons (Fsp3) is 0.700. The molecule has 0 bridgehead atoms. The van der Waals surface area contributed by atoms with Crippen LogP contribution in [0.3, 0.4) is 0 Å². The Morgan fingerprint density at radius 2 is 2.17 bits per heavy atom. The highest BCUT2D eigenvalue weighted by atomic mass is 35.5. The summed E-state index contributed by atoms with van der Waals surface area (Å²) in [6.45, 7) is 2.70. The van der Waals surface area contributed by atoms with Crippen molar-refractivity contribution in [1.29, 1.82) is 0 Å². The van der Waals surface area contributed by atoms with Crippen molar-refractivity contribution in [2.75, 3.05) is 13.1 Å². The first-order valence-corrected chi connectivity index (χ1v) is 7.11. The number of piperidine rings is 1. The van der Waals surface area contributed by atoms with Gasteiger partial charge in [-0.25, -0.2) is 13.4 Å². The fourth-order valence-corrected chi connectivity index (χ4v) is 3.54. The number of imidazole rings is 1. The molecule has 1 saturated heterocycles. The van der Waals surface area contributed by atoms with Gasteiger partial charge in [-0.05, 0) is 19.8 Å². The van der Waals surface area contributed by atoms with Crippen LogP contribution in [0, 0.1) is 6.92 Å². The normalized spacial score (nSPS) is 21.6. The smallest absolute Gasteiger partial charge is 0.262 e. The van der Waals surface area contributed by atoms with Crippen molar-refractivity contribution in [3.05, 3.63) is 12.0 Å². The van der Waals surface area contributed by atoms with Crippen LogP contribution >= 0.6 is 12.4 Å². The first kappa shape index (κ1) is 15.4. The summed E-state index contributed by atoms with van der Waals surface area (Å²) in [6.07, 6.45) is 3.24. The van der Waals surface area contributed by atoms with Gasteiger partial charge in [-0.1, -0.05) is 0 Å². The quantitative estimate of drug-likeness (QED) is 0.848. The van der Waals surface area contributed by atoms with E-state index in [1.807, 2.05) is 0 Å². The van der Waals surface area contributed by atoms with Crippen LogP contribution in [0.2, 0.25) is 0 Å². The first-order valence-electron chi connectivity index (χ1n) is 5.67. The van der Waals surface area contributed by atoms with Crippen LogP contribution in [0.1, 0.15) is 18.7 Å². The standard InChI is InChI=1S/C10H18N4O2S.ClH/c1-8-12-10(7-13(8)2)17(15,16)14-5-3-4-9(11)6-14;/h7,9H,3-6,11H2,1-2H3;1H/t9-;/m1./s1. The number of hydrogen-bond acceptors (Lipinski definition) is 4. The lowest BCUT2D eigenvalue weighted by Gasteiger charge is -2.29. The second-order valence-corrected chi connectivity index (χ2v) is 6.39. The van der Waals surface area contributed by atoms with Crippen molar-refractivity contribution < 1.29 is 8.42 Å². The Labute approximate surface area is 114 Å². The number of hydrogen-bond donors (Lipinski definition) is 1. The van der Waals surface area contributed by atoms with Gasteiger partial charge in [0, 0.05) is 32.4 Å². The Morgan fingerprint density at radius 1 is 1.50 bits per heavy atom. The minimum Gasteiger partial charge on any atom is -0.337 e. The minimum absolute atomic E-state index is 0. The molecule has 2 heterocycles. The Morgan fingerprint density at radius 3 is 2.67 bits per heavy atom. The number of rotatable bonds is 2. The molecule has 2 rings (SSSR count). The van der Waals surface area contributed by atoms with Gasteiger partial charge in [-0.15, -0.1) is 12.4 Å². The molecule has 1 fully saturated rings. The summed E-state index contributed by atoms with van der Waals surface area (Å²) in [5, 5.41) is 0.117. The minimum atomic E-state index is -3.48. The summed E-state index contributed by atoms with van der Waals surface area (Å²) in [5.74, 6) is 0.685. The number of nitrogens with two attached hydrogens (primary N) is 1. The molecule has 0 radical (unpaired) electrons. The third-order valence-electron chi connectivity index (χ3n) is 3.11. The molecule has 18 heavy (non-hydrogen) atoms. The predicted molar refractivity (Wildman–Crippen MR) is 71.2 cm³/mol. The molecule has 1 atom stereocenters. The number of nitrogens with zero attached hydrogens (tertiary/aromatic N) is 3. The van der Waals surface area contributed by atoms with Crippen molar-refractivity contribution >= 4 is 22.4 Å². The summed E-state index contributed by atoms with van der Waals surface area (Å²) in [6, 6.07) is -0.0664. The first-order chi connectivity index (χ1) is 7.91. The predicted octanol–water partition coefficient (Wildman–Crippen LogP) is 0.262. The zero-order chi connectivity index (χ0) is 12.6. The molecule has 1 aromatic heterocycles. The monoisotopic (exact) mass is 294 g/mol. The second kappa shape index (κ2) is 5.56. The van der Waals surface area contributed by atoms with Crippen molar-refractivity contribution in [1.82, 2.24) is 13.9 Å². The van der Waals surface area contributed by atoms with E-state index in [4.69, 9.17) is 5.73 Å². The van der Waals surface area contributed by atoms with Gasteiger partial charge in [0.15, 0.2) is 5.03 Å². The molecule has 6 nitrogen and oxygen atoms in total. The fourth-order valence-electron chi connectivity index (χ4n) is 1.98. The Kier molecular flexibility index (Phi) is 4.77. The lowest BCUT2D eigenvalue weighted by Crippen LogP contribution is -2.45. The zero-order valence-corrected chi connectivity index (χ0v) is 12.2. The summed E-state index contributed by atoms with van der Waals surface area (Å²) in [7, 11) is -1.69. The number of aryl methyl sites for hydroxylation is 2. The van der Waals surface area contributed by atoms with E-state index in [-0.39, 0.29) is 23.5 Å². The molecule has 1 aromatic rings. The van der Waals surface area contributed by atoms with Gasteiger partial charge in [-0.2, -0.15) is 4.31 Å². The van der Waals surface area contributed by atoms with Gasteiger partial charge >= 0.3 is 0 Å². The van der Waals surface area contributed by atoms with E-state index in [0.29, 0.717) is 18.9 Å². The highest BCUT2D eigenvalue weighted by Crippen LogP contribution is 2.19. The van der Waals surface area contributed by atoms with Gasteiger partial charge in [0.05, 0.1) is 0 Å². The van der Waals surface area contributed by atoms with Crippen LogP contribution in [-0.4, -0.2) is 41.4 Å². The molecule has 104 valence electrons. The molecule has 0 aliphatic carbocycles. The molecule has 0 saturated carbocycles. The molecule has 0 unspecified atom stereocenters. The molecule has 1 aliphatic rings. The zero-order valence-electron chi connectivity index (χ0n) is 10.5. The highest BCUT2D eigenvalue weighted by molar-refractivity contribution is 7.89. The van der Waals surface area contributed by atoms with Crippen LogP contribution in [-0.2, 0) is 17.1 Å². The molecule has 8 heteroatoms. The molecular weight excluding hydrogens is 276 g/mol. The van der Waals surface area contributed by atoms with E-state index in [9.17, 15) is 8.42 Å². The average Bonchev–Trinajstić information content (AvgIpc) is 2.60. The third-order valence-corrected chi connectivity index (χ3v) is 4.85. The Bertz CT molecular complexity index is 494. The van der Waals surface area contributed by atoms with Crippen molar-refractivity contribution in [3.63, 3.8) is 0 Å². The Hall–Kier alpha value is -0.630. The van der Waals surface area contributed by atoms with Gasteiger partial charge in [0.2, 0.25) is 0 Å². The van der Waals surface area contributed by atoms with Crippen molar-refractivity contribution in [3.8, 4) is 0 Å². The third kappa shape index (κ3) is 2.85. The topological polar surface area (TPSA) is 81.2 Å². The van der Waals surface area contributed by atoms with E-state index in [2.05, 4.69) is 4.98 Å². The Balaban J connectivity index is 0.00000162. The van der Waals surface area contributed by atoms with Gasteiger partial charge in [0.1, 0.15) is 5.82 Å². The maximum atomic E-state index is 12.3. The van der Waals surface area contributed by atoms with E-state index in [1.165, 1.54) is 4.31 Å². The summed E-state index contributed by atoms with van der Waals surface area (Å²) >= 11 is 0. The van der Waals surface area contributed by atoms with Gasteiger partial charge in [-0.3, -0.25) is 0 Å². The average molecular weight is 295 g/mol. The number of halogens is 1. The van der Waals surface area contributed by atoms with Crippen LogP contribution in [0.5, 0.6) is 0 Å². The summed E-state index contributed by atoms with van der Waals surface area (Å²) in [4.78, 5) is 4.07. The summed E-state index contributed by atoms with van der Waals surface area (Å²) in [5.41, 5.74) is 5.80. The molecule has 0 aromatic carbocycles. The van der Waals surface area contributed by atoms with Crippen molar-refractivity contribution in [2.45, 2.75) is 30.8 Å². The number of sulfonamides is 1. The van der Waals surface area contributed by atoms with Crippen molar-refractivity contribution in [2.24, 2.45) is 12.8 Å². The largest absolute Gasteiger partial charge is 0.337 e. The maximum absolute atomic E-state index is 12.3. The van der Waals surface area contributed by atoms with E-state index >= 15 is 0 Å². The SMILES string of the molecule is Cc1nc(S(=O)(=O)N2CCC[C@@H](N)C2)cn1C.Cl. The maximum Gasteiger partial charge on any atom is 0.262 e. The lowest BCUT2D eigenvalue weighted by molar-refractivity contribution is 0.315. The molecule has 2 N–H and O–H groups in total. The highest BCUT2D eigenvalue weighted by Gasteiger charge is 2.30. The lowest BCUT2D eigenvalue weighted by atomic mass is 10.1. The number of aromatic nitrogens is 2. The van der Waals surface area contributed by atoms with Crippen LogP contribution in [0.4, 0.5) is 0 Å². The second-order valence-electron chi connectivity index (χ2n) is 4.50. The molecule has 0 amide bonds. The van der Waals surface area contributed by atoms with Gasteiger partial charge < -0.3 is 10.3 Å².